The molecule has 1 unspecified atom stereocenters. The Bertz CT molecular complexity index is 1980. The highest BCUT2D eigenvalue weighted by atomic mass is 31.2. The van der Waals surface area contributed by atoms with Crippen molar-refractivity contribution in [3.8, 4) is 0 Å². The third kappa shape index (κ3) is 9.95. The van der Waals surface area contributed by atoms with E-state index in [2.05, 4.69) is 34.1 Å². The van der Waals surface area contributed by atoms with Crippen LogP contribution in [0.25, 0.3) is 11.2 Å². The number of fused-ring (bicyclic) bond motifs is 1. The summed E-state index contributed by atoms with van der Waals surface area (Å²) in [6, 6.07) is 0. The Kier molecular flexibility index (Phi) is 12.5. The van der Waals surface area contributed by atoms with Crippen molar-refractivity contribution in [1.29, 1.82) is 0 Å². The van der Waals surface area contributed by atoms with Crippen molar-refractivity contribution in [1.82, 2.24) is 34.2 Å². The van der Waals surface area contributed by atoms with Crippen molar-refractivity contribution in [3.05, 3.63) is 39.4 Å². The highest BCUT2D eigenvalue weighted by molar-refractivity contribution is 7.51. The number of phosphoric acid groups is 2. The summed E-state index contributed by atoms with van der Waals surface area (Å²) >= 11 is 0. The second kappa shape index (κ2) is 16.2. The van der Waals surface area contributed by atoms with Gasteiger partial charge in [-0.2, -0.15) is 4.98 Å². The predicted molar refractivity (Wildman–Crippen MR) is 172 cm³/mol. The first-order valence-corrected chi connectivity index (χ1v) is 19.6. The Morgan fingerprint density at radius 2 is 1.73 bits per heavy atom. The molecule has 8 atom stereocenters. The fraction of sp³-hybridized carbons (Fsp3) is 0.609. The van der Waals surface area contributed by atoms with Gasteiger partial charge in [0.2, 0.25) is 5.95 Å². The minimum absolute atomic E-state index is 0.0308. The molecule has 0 spiro atoms. The summed E-state index contributed by atoms with van der Waals surface area (Å²) < 4.78 is 77.5. The summed E-state index contributed by atoms with van der Waals surface area (Å²) in [6.07, 6.45) is -6.09. The van der Waals surface area contributed by atoms with Gasteiger partial charge < -0.3 is 50.4 Å². The van der Waals surface area contributed by atoms with E-state index < -0.39 is 97.3 Å². The minimum atomic E-state index is -5.11. The SMILES string of the molecule is CO[C@@H]1[C@H](OP(=O)(NCCCOP(=O)(O)O)OC[C@@H]2C[C@@H](O)[C@H](n3cc(N)ncc3=O)O2)[C@@H](COP(=O)(O)O)O[C@H]1n1cnc2c(=O)[nH]c(N)nc21. The number of hydrogen-bond acceptors (Lipinski definition) is 18. The molecule has 29 heteroatoms. The number of methoxy groups -OCH3 is 1. The lowest BCUT2D eigenvalue weighted by molar-refractivity contribution is -0.0578. The lowest BCUT2D eigenvalue weighted by atomic mass is 10.1. The molecular weight excluding hydrogens is 767 g/mol. The zero-order valence-corrected chi connectivity index (χ0v) is 29.6. The largest absolute Gasteiger partial charge is 0.469 e. The standard InChI is InChI=1S/C23H36N9O17P3/c1-43-18-17(13(9-46-52(40,41)42)48-22(18)32-10-27-16-19(32)29-23(25)30-20(16)35)49-50(36,28-3-2-4-44-51(37,38)39)45-8-11-5-12(33)21(47-11)31-7-14(24)26-6-15(31)34/h6-7,10-13,17-18,21-22,33H,2-5,8-9,24H2,1H3,(H,28,36)(H2,37,38,39)(H2,40,41,42)(H3,25,29,30,35)/t11-,12+,13+,17+,18+,21+,22+,50?/m0/s1. The minimum Gasteiger partial charge on any atom is -0.388 e. The van der Waals surface area contributed by atoms with Gasteiger partial charge in [-0.15, -0.1) is 0 Å². The summed E-state index contributed by atoms with van der Waals surface area (Å²) in [5.74, 6) is -0.305. The number of aliphatic hydroxyl groups is 1. The number of nitrogen functional groups attached to an aromatic ring is 2. The number of hydrogen-bond donors (Lipinski definition) is 9. The van der Waals surface area contributed by atoms with E-state index in [-0.39, 0.29) is 42.3 Å². The fourth-order valence-corrected chi connectivity index (χ4v) is 7.70. The van der Waals surface area contributed by atoms with Crippen LogP contribution in [0.4, 0.5) is 11.8 Å². The molecule has 2 aliphatic heterocycles. The van der Waals surface area contributed by atoms with E-state index in [0.717, 1.165) is 17.1 Å². The number of nitrogens with two attached hydrogens (primary N) is 2. The van der Waals surface area contributed by atoms with Crippen LogP contribution in [0, 0.1) is 0 Å². The van der Waals surface area contributed by atoms with Gasteiger partial charge in [-0.3, -0.25) is 41.8 Å². The molecule has 2 aliphatic rings. The van der Waals surface area contributed by atoms with Crippen LogP contribution in [0.1, 0.15) is 25.3 Å². The van der Waals surface area contributed by atoms with Crippen molar-refractivity contribution in [3.63, 3.8) is 0 Å². The topological polar surface area (TPSA) is 380 Å². The number of aromatic amines is 1. The quantitative estimate of drug-likeness (QED) is 0.0517. The van der Waals surface area contributed by atoms with Gasteiger partial charge in [0.1, 0.15) is 30.2 Å². The Labute approximate surface area is 291 Å². The van der Waals surface area contributed by atoms with E-state index in [1.54, 1.807) is 0 Å². The Hall–Kier alpha value is -3.00. The van der Waals surface area contributed by atoms with E-state index in [0.29, 0.717) is 0 Å². The molecule has 2 saturated heterocycles. The fourth-order valence-electron chi connectivity index (χ4n) is 5.39. The summed E-state index contributed by atoms with van der Waals surface area (Å²) in [6.45, 7) is -2.18. The van der Waals surface area contributed by atoms with Crippen molar-refractivity contribution in [2.45, 2.75) is 55.8 Å². The number of nitrogens with zero attached hydrogens (tertiary/aromatic N) is 5. The van der Waals surface area contributed by atoms with E-state index in [1.807, 2.05) is 0 Å². The zero-order chi connectivity index (χ0) is 38.0. The first kappa shape index (κ1) is 40.2. The van der Waals surface area contributed by atoms with Crippen LogP contribution in [0.3, 0.4) is 0 Å². The van der Waals surface area contributed by atoms with Gasteiger partial charge >= 0.3 is 23.4 Å². The molecule has 0 amide bonds. The van der Waals surface area contributed by atoms with E-state index >= 15 is 0 Å². The number of aliphatic hydroxyl groups excluding tert-OH is 1. The molecule has 0 aliphatic carbocycles. The maximum atomic E-state index is 14.4. The molecule has 0 saturated carbocycles. The first-order chi connectivity index (χ1) is 24.4. The lowest BCUT2D eigenvalue weighted by Gasteiger charge is -2.28. The van der Waals surface area contributed by atoms with Gasteiger partial charge in [0, 0.05) is 20.1 Å². The molecule has 0 radical (unpaired) electrons. The second-order valence-corrected chi connectivity index (χ2v) is 15.5. The van der Waals surface area contributed by atoms with Crippen LogP contribution < -0.4 is 27.7 Å². The molecule has 5 rings (SSSR count). The van der Waals surface area contributed by atoms with Crippen molar-refractivity contribution >= 4 is 46.3 Å². The number of rotatable bonds is 17. The van der Waals surface area contributed by atoms with Gasteiger partial charge in [0.05, 0.1) is 44.6 Å². The smallest absolute Gasteiger partial charge is 0.388 e. The van der Waals surface area contributed by atoms with Crippen LogP contribution in [0.2, 0.25) is 0 Å². The molecule has 26 nitrogen and oxygen atoms in total. The van der Waals surface area contributed by atoms with Crippen molar-refractivity contribution < 1.29 is 70.7 Å². The molecule has 3 aromatic rings. The van der Waals surface area contributed by atoms with E-state index in [4.69, 9.17) is 44.5 Å². The molecule has 2 fully saturated rings. The van der Waals surface area contributed by atoms with Crippen LogP contribution in [0.5, 0.6) is 0 Å². The molecular formula is C23H36N9O17P3. The number of aromatic nitrogens is 6. The summed E-state index contributed by atoms with van der Waals surface area (Å²) in [5, 5.41) is 13.2. The number of ether oxygens (including phenoxy) is 3. The first-order valence-electron chi connectivity index (χ1n) is 15.0. The van der Waals surface area contributed by atoms with Crippen molar-refractivity contribution in [2.24, 2.45) is 0 Å². The zero-order valence-electron chi connectivity index (χ0n) is 26.9. The Morgan fingerprint density at radius 1 is 1.00 bits per heavy atom. The lowest BCUT2D eigenvalue weighted by Crippen LogP contribution is -2.39. The van der Waals surface area contributed by atoms with E-state index in [9.17, 15) is 38.2 Å². The highest BCUT2D eigenvalue weighted by Gasteiger charge is 2.51. The normalized spacial score (nSPS) is 26.6. The average molecular weight is 804 g/mol. The van der Waals surface area contributed by atoms with Crippen LogP contribution in [-0.4, -0.2) is 118 Å². The number of H-pyrrole nitrogens is 1. The molecule has 5 heterocycles. The van der Waals surface area contributed by atoms with E-state index in [1.165, 1.54) is 17.9 Å². The predicted octanol–water partition coefficient (Wildman–Crippen LogP) is -2.19. The van der Waals surface area contributed by atoms with Crippen LogP contribution in [-0.2, 0) is 46.0 Å². The average Bonchev–Trinajstić information content (AvgIpc) is 3.73. The molecule has 0 bridgehead atoms. The highest BCUT2D eigenvalue weighted by Crippen LogP contribution is 2.51. The Morgan fingerprint density at radius 3 is 2.42 bits per heavy atom. The van der Waals surface area contributed by atoms with Crippen molar-refractivity contribution in [2.75, 3.05) is 44.9 Å². The maximum absolute atomic E-state index is 14.4. The number of anilines is 2. The number of phosphoric ester groups is 2. The summed E-state index contributed by atoms with van der Waals surface area (Å²) in [5.41, 5.74) is 9.84. The van der Waals surface area contributed by atoms with Gasteiger partial charge in [0.25, 0.3) is 11.1 Å². The third-order valence-electron chi connectivity index (χ3n) is 7.56. The monoisotopic (exact) mass is 803 g/mol. The van der Waals surface area contributed by atoms with Crippen LogP contribution >= 0.6 is 23.4 Å². The van der Waals surface area contributed by atoms with Crippen LogP contribution in [0.15, 0.2) is 28.3 Å². The molecule has 11 N–H and O–H groups in total. The number of nitrogens with one attached hydrogen (secondary N) is 2. The molecule has 290 valence electrons. The number of imidazole rings is 1. The maximum Gasteiger partial charge on any atom is 0.469 e. The summed E-state index contributed by atoms with van der Waals surface area (Å²) in [4.78, 5) is 75.7. The van der Waals surface area contributed by atoms with Gasteiger partial charge in [0.15, 0.2) is 23.6 Å². The van der Waals surface area contributed by atoms with Gasteiger partial charge in [-0.25, -0.2) is 28.8 Å². The summed E-state index contributed by atoms with van der Waals surface area (Å²) in [7, 11) is -13.4. The second-order valence-electron chi connectivity index (χ2n) is 11.3. The van der Waals surface area contributed by atoms with Gasteiger partial charge in [-0.05, 0) is 6.42 Å². The molecule has 3 aromatic heterocycles. The molecule has 0 aromatic carbocycles. The Balaban J connectivity index is 1.41. The third-order valence-corrected chi connectivity index (χ3v) is 10.2. The molecule has 52 heavy (non-hydrogen) atoms. The van der Waals surface area contributed by atoms with Gasteiger partial charge in [-0.1, -0.05) is 0 Å².